The van der Waals surface area contributed by atoms with Crippen LogP contribution in [0, 0.1) is 111 Å². The Morgan fingerprint density at radius 3 is 1.82 bits per heavy atom. The Balaban J connectivity index is 0. The molecule has 0 aromatic carbocycles. The summed E-state index contributed by atoms with van der Waals surface area (Å²) in [7, 11) is 0. The van der Waals surface area contributed by atoms with E-state index in [0.29, 0.717) is 6.42 Å². The van der Waals surface area contributed by atoms with E-state index in [2.05, 4.69) is 77.5 Å². The standard InChI is InChI=1S/2C15H22O.2Ac/c1-12(9-11-16)7-8-14-13(2)6-5-10-15(14,3)4;1-6-15(5,16)11-9-13-12(2)8-7-10-14(13,3)4;;/h6,8,11,16H,5,7,10H2,1-4H3;1,8-9,16H,7,10-11H2,2-5H3;;/b14-8+;13-9+;;. The Morgan fingerprint density at radius 1 is 1.00 bits per heavy atom. The van der Waals surface area contributed by atoms with Gasteiger partial charge in [0.15, 0.2) is 0 Å². The van der Waals surface area contributed by atoms with Gasteiger partial charge in [-0.15, -0.1) is 6.42 Å². The molecule has 2 nitrogen and oxygen atoms in total. The number of aliphatic hydroxyl groups excluding tert-OH is 1. The first-order chi connectivity index (χ1) is 14.8. The number of aliphatic hydroxyl groups is 2. The van der Waals surface area contributed by atoms with Crippen LogP contribution in [-0.2, 0) is 0 Å². The average molecular weight is 891 g/mol. The summed E-state index contributed by atoms with van der Waals surface area (Å²) in [4.78, 5) is 0. The van der Waals surface area contributed by atoms with Gasteiger partial charge in [0, 0.05) is 94.5 Å². The van der Waals surface area contributed by atoms with E-state index in [4.69, 9.17) is 11.5 Å². The first kappa shape index (κ1) is 36.8. The molecule has 2 aliphatic carbocycles. The van der Waals surface area contributed by atoms with Gasteiger partial charge in [-0.1, -0.05) is 74.8 Å². The van der Waals surface area contributed by atoms with Crippen LogP contribution in [0.1, 0.15) is 93.9 Å². The van der Waals surface area contributed by atoms with Crippen molar-refractivity contribution in [1.29, 1.82) is 0 Å². The molecule has 0 spiro atoms. The molecular weight excluding hydrogens is 846 g/mol. The summed E-state index contributed by atoms with van der Waals surface area (Å²) < 4.78 is 0. The molecule has 0 aliphatic heterocycles. The van der Waals surface area contributed by atoms with E-state index in [-0.39, 0.29) is 99.0 Å². The molecule has 34 heavy (non-hydrogen) atoms. The van der Waals surface area contributed by atoms with Gasteiger partial charge >= 0.3 is 0 Å². The second-order valence-electron chi connectivity index (χ2n) is 10.7. The van der Waals surface area contributed by atoms with Crippen LogP contribution in [0.2, 0.25) is 0 Å². The summed E-state index contributed by atoms with van der Waals surface area (Å²) in [6.07, 6.45) is 21.3. The van der Waals surface area contributed by atoms with Gasteiger partial charge in [-0.05, 0) is 87.3 Å². The molecule has 182 valence electrons. The van der Waals surface area contributed by atoms with Gasteiger partial charge in [0.2, 0.25) is 0 Å². The molecule has 0 saturated carbocycles. The topological polar surface area (TPSA) is 40.5 Å². The summed E-state index contributed by atoms with van der Waals surface area (Å²) in [6.45, 7) is 17.1. The third kappa shape index (κ3) is 12.3. The van der Waals surface area contributed by atoms with Crippen molar-refractivity contribution in [2.24, 2.45) is 10.8 Å². The second-order valence-corrected chi connectivity index (χ2v) is 10.7. The Morgan fingerprint density at radius 2 is 1.44 bits per heavy atom. The van der Waals surface area contributed by atoms with Crippen molar-refractivity contribution < 1.29 is 98.3 Å². The van der Waals surface area contributed by atoms with E-state index < -0.39 is 5.60 Å². The van der Waals surface area contributed by atoms with Crippen LogP contribution in [0.5, 0.6) is 0 Å². The molecule has 2 radical (unpaired) electrons. The molecule has 0 amide bonds. The Labute approximate surface area is 281 Å². The molecule has 0 aromatic rings. The first-order valence-electron chi connectivity index (χ1n) is 11.8. The predicted octanol–water partition coefficient (Wildman–Crippen LogP) is 8.14. The van der Waals surface area contributed by atoms with Crippen LogP contribution < -0.4 is 0 Å². The minimum Gasteiger partial charge on any atom is -0.507 e. The Kier molecular flexibility index (Phi) is 17.9. The van der Waals surface area contributed by atoms with Gasteiger partial charge in [-0.25, -0.2) is 0 Å². The fourth-order valence-corrected chi connectivity index (χ4v) is 4.51. The molecule has 0 heterocycles. The summed E-state index contributed by atoms with van der Waals surface area (Å²) in [5.41, 5.74) is 8.81. The molecule has 0 aromatic heterocycles. The van der Waals surface area contributed by atoms with E-state index in [0.717, 1.165) is 31.1 Å². The molecule has 4 heteroatoms. The van der Waals surface area contributed by atoms with Crippen molar-refractivity contribution in [2.75, 3.05) is 0 Å². The zero-order valence-corrected chi connectivity index (χ0v) is 32.2. The Bertz CT molecular complexity index is 897. The largest absolute Gasteiger partial charge is 0.507 e. The van der Waals surface area contributed by atoms with Crippen LogP contribution >= 0.6 is 0 Å². The monoisotopic (exact) mass is 890 g/mol. The second kappa shape index (κ2) is 16.5. The fourth-order valence-electron chi connectivity index (χ4n) is 4.51. The number of hydrogen-bond donors (Lipinski definition) is 2. The minimum atomic E-state index is -1.03. The van der Waals surface area contributed by atoms with Crippen molar-refractivity contribution in [3.63, 3.8) is 0 Å². The third-order valence-corrected chi connectivity index (χ3v) is 6.69. The maximum absolute atomic E-state index is 9.81. The van der Waals surface area contributed by atoms with E-state index in [1.165, 1.54) is 35.1 Å². The van der Waals surface area contributed by atoms with Crippen LogP contribution in [-0.4, -0.2) is 15.8 Å². The van der Waals surface area contributed by atoms with Crippen LogP contribution in [0.15, 0.2) is 64.2 Å². The van der Waals surface area contributed by atoms with E-state index >= 15 is 0 Å². The summed E-state index contributed by atoms with van der Waals surface area (Å²) in [6, 6.07) is 0. The first-order valence-corrected chi connectivity index (χ1v) is 11.8. The fraction of sp³-hybridized carbons (Fsp3) is 0.567. The van der Waals surface area contributed by atoms with Crippen molar-refractivity contribution in [3.05, 3.63) is 64.2 Å². The van der Waals surface area contributed by atoms with Gasteiger partial charge in [-0.2, -0.15) is 0 Å². The average Bonchev–Trinajstić information content (AvgIpc) is 2.67. The quantitative estimate of drug-likeness (QED) is 0.170. The molecule has 0 saturated heterocycles. The van der Waals surface area contributed by atoms with Crippen molar-refractivity contribution >= 4 is 0 Å². The van der Waals surface area contributed by atoms with E-state index in [1.54, 1.807) is 6.92 Å². The molecular formula is C30H44Ac2O2. The number of terminal acetylenes is 1. The van der Waals surface area contributed by atoms with Gasteiger partial charge in [0.1, 0.15) is 11.9 Å². The summed E-state index contributed by atoms with van der Waals surface area (Å²) in [5, 5.41) is 18.4. The predicted molar refractivity (Wildman–Crippen MR) is 138 cm³/mol. The van der Waals surface area contributed by atoms with Gasteiger partial charge in [-0.3, -0.25) is 0 Å². The molecule has 0 bridgehead atoms. The Hall–Kier alpha value is 0.683. The molecule has 0 fully saturated rings. The minimum absolute atomic E-state index is 0. The van der Waals surface area contributed by atoms with Crippen LogP contribution in [0.3, 0.4) is 0 Å². The smallest absolute Gasteiger partial charge is 0.125 e. The van der Waals surface area contributed by atoms with Gasteiger partial charge in [0.05, 0.1) is 0 Å². The van der Waals surface area contributed by atoms with Gasteiger partial charge in [0.25, 0.3) is 0 Å². The zero-order valence-electron chi connectivity index (χ0n) is 22.8. The maximum atomic E-state index is 9.81. The molecule has 1 unspecified atom stereocenters. The molecule has 2 N–H and O–H groups in total. The van der Waals surface area contributed by atoms with E-state index in [1.807, 2.05) is 6.92 Å². The number of hydrogen-bond acceptors (Lipinski definition) is 2. The number of rotatable bonds is 4. The third-order valence-electron chi connectivity index (χ3n) is 6.69. The van der Waals surface area contributed by atoms with Crippen LogP contribution in [0.25, 0.3) is 0 Å². The summed E-state index contributed by atoms with van der Waals surface area (Å²) >= 11 is 0. The number of allylic oxidation sites excluding steroid dienone is 8. The molecule has 2 aliphatic rings. The SMILES string of the molecule is C#CC(C)(O)C/C=C1\C(C)=CCCC1(C)C.CC(=C=CO)C/C=C1\C(C)=CCCC1(C)C.[Ac].[Ac]. The van der Waals surface area contributed by atoms with E-state index in [9.17, 15) is 5.11 Å². The van der Waals surface area contributed by atoms with Crippen molar-refractivity contribution in [3.8, 4) is 12.3 Å². The summed E-state index contributed by atoms with van der Waals surface area (Å²) in [5.74, 6) is 2.41. The van der Waals surface area contributed by atoms with Crippen LogP contribution in [0.4, 0.5) is 0 Å². The van der Waals surface area contributed by atoms with Crippen molar-refractivity contribution in [1.82, 2.24) is 0 Å². The molecule has 1 atom stereocenters. The normalized spacial score (nSPS) is 22.1. The maximum Gasteiger partial charge on any atom is 0.125 e. The van der Waals surface area contributed by atoms with Gasteiger partial charge < -0.3 is 10.2 Å². The molecule has 2 rings (SSSR count). The van der Waals surface area contributed by atoms with Crippen molar-refractivity contribution in [2.45, 2.75) is 99.5 Å². The zero-order chi connectivity index (χ0) is 24.6.